The highest BCUT2D eigenvalue weighted by atomic mass is 16.2. The molecule has 1 saturated carbocycles. The van der Waals surface area contributed by atoms with Crippen LogP contribution in [-0.2, 0) is 6.42 Å². The molecule has 0 radical (unpaired) electrons. The van der Waals surface area contributed by atoms with Gasteiger partial charge in [0.15, 0.2) is 0 Å². The van der Waals surface area contributed by atoms with Crippen molar-refractivity contribution in [3.8, 4) is 5.69 Å². The van der Waals surface area contributed by atoms with E-state index in [-0.39, 0.29) is 11.9 Å². The summed E-state index contributed by atoms with van der Waals surface area (Å²) in [7, 11) is 0. The maximum Gasteiger partial charge on any atom is 0.270 e. The molecule has 1 atom stereocenters. The number of fused-ring (bicyclic) bond motifs is 1. The van der Waals surface area contributed by atoms with Crippen LogP contribution < -0.4 is 10.6 Å². The summed E-state index contributed by atoms with van der Waals surface area (Å²) in [5.41, 5.74) is 5.20. The van der Waals surface area contributed by atoms with E-state index >= 15 is 0 Å². The number of hydrogen-bond acceptors (Lipinski definition) is 3. The van der Waals surface area contributed by atoms with Crippen LogP contribution in [0.15, 0.2) is 60.7 Å². The minimum absolute atomic E-state index is 0.0758. The van der Waals surface area contributed by atoms with Crippen molar-refractivity contribution in [2.24, 2.45) is 0 Å². The average molecular weight is 372 g/mol. The summed E-state index contributed by atoms with van der Waals surface area (Å²) in [6.07, 6.45) is 3.36. The molecule has 3 aromatic rings. The van der Waals surface area contributed by atoms with E-state index < -0.39 is 0 Å². The van der Waals surface area contributed by atoms with E-state index in [9.17, 15) is 4.79 Å². The van der Waals surface area contributed by atoms with E-state index in [1.165, 1.54) is 11.1 Å². The van der Waals surface area contributed by atoms with Gasteiger partial charge in [-0.15, -0.1) is 0 Å². The fraction of sp³-hybridized carbons (Fsp3) is 0.304. The van der Waals surface area contributed by atoms with Crippen molar-refractivity contribution in [3.63, 3.8) is 0 Å². The third-order valence-electron chi connectivity index (χ3n) is 5.64. The van der Waals surface area contributed by atoms with Crippen LogP contribution in [0.5, 0.6) is 0 Å². The number of nitrogens with one attached hydrogen (secondary N) is 2. The first-order valence-corrected chi connectivity index (χ1v) is 10.0. The molecule has 5 rings (SSSR count). The number of nitrogens with zero attached hydrogens (tertiary/aromatic N) is 2. The monoisotopic (exact) mass is 372 g/mol. The molecular weight excluding hydrogens is 348 g/mol. The standard InChI is InChI=1S/C23H24N4O/c28-23(25-15-21-19-9-5-4-6-16(19)12-13-24-21)22-14-20(17-10-11-17)26-27(22)18-7-2-1-3-8-18/h1-9,14,17,21,24H,10-13,15H2,(H,25,28). The molecule has 28 heavy (non-hydrogen) atoms. The highest BCUT2D eigenvalue weighted by Crippen LogP contribution is 2.39. The molecule has 0 bridgehead atoms. The van der Waals surface area contributed by atoms with Gasteiger partial charge in [-0.05, 0) is 55.1 Å². The van der Waals surface area contributed by atoms with Gasteiger partial charge in [0.1, 0.15) is 5.69 Å². The molecule has 5 heteroatoms. The smallest absolute Gasteiger partial charge is 0.270 e. The molecule has 2 heterocycles. The van der Waals surface area contributed by atoms with Gasteiger partial charge < -0.3 is 10.6 Å². The lowest BCUT2D eigenvalue weighted by molar-refractivity contribution is 0.0941. The van der Waals surface area contributed by atoms with Crippen LogP contribution in [0.3, 0.4) is 0 Å². The Balaban J connectivity index is 1.37. The molecule has 142 valence electrons. The molecule has 1 aliphatic carbocycles. The van der Waals surface area contributed by atoms with E-state index in [1.54, 1.807) is 4.68 Å². The summed E-state index contributed by atoms with van der Waals surface area (Å²) >= 11 is 0. The molecule has 1 aliphatic heterocycles. The van der Waals surface area contributed by atoms with Gasteiger partial charge in [0.25, 0.3) is 5.91 Å². The third kappa shape index (κ3) is 3.34. The number of carbonyl (C=O) groups is 1. The van der Waals surface area contributed by atoms with Crippen LogP contribution in [0.1, 0.15) is 52.1 Å². The van der Waals surface area contributed by atoms with Gasteiger partial charge in [0.05, 0.1) is 11.4 Å². The molecule has 2 N–H and O–H groups in total. The van der Waals surface area contributed by atoms with Crippen LogP contribution in [0.4, 0.5) is 0 Å². The van der Waals surface area contributed by atoms with Crippen LogP contribution in [0.25, 0.3) is 5.69 Å². The Morgan fingerprint density at radius 2 is 1.89 bits per heavy atom. The molecule has 1 amide bonds. The first-order valence-electron chi connectivity index (χ1n) is 10.0. The third-order valence-corrected chi connectivity index (χ3v) is 5.64. The van der Waals surface area contributed by atoms with Gasteiger partial charge in [-0.3, -0.25) is 4.79 Å². The summed E-state index contributed by atoms with van der Waals surface area (Å²) < 4.78 is 1.78. The zero-order valence-corrected chi connectivity index (χ0v) is 15.8. The van der Waals surface area contributed by atoms with Gasteiger partial charge in [-0.2, -0.15) is 5.10 Å². The molecule has 0 saturated heterocycles. The highest BCUT2D eigenvalue weighted by Gasteiger charge is 2.29. The lowest BCUT2D eigenvalue weighted by atomic mass is 9.94. The molecule has 5 nitrogen and oxygen atoms in total. The summed E-state index contributed by atoms with van der Waals surface area (Å²) in [6.45, 7) is 1.50. The summed E-state index contributed by atoms with van der Waals surface area (Å²) in [5.74, 6) is 0.427. The van der Waals surface area contributed by atoms with Crippen LogP contribution in [0.2, 0.25) is 0 Å². The Hall–Kier alpha value is -2.92. The predicted molar refractivity (Wildman–Crippen MR) is 109 cm³/mol. The Kier molecular flexibility index (Phi) is 4.45. The number of aromatic nitrogens is 2. The second-order valence-electron chi connectivity index (χ2n) is 7.64. The molecule has 1 fully saturated rings. The van der Waals surface area contributed by atoms with Crippen LogP contribution >= 0.6 is 0 Å². The normalized spacial score (nSPS) is 18.5. The van der Waals surface area contributed by atoms with Crippen molar-refractivity contribution in [3.05, 3.63) is 83.2 Å². The van der Waals surface area contributed by atoms with E-state index in [0.29, 0.717) is 18.2 Å². The van der Waals surface area contributed by atoms with Gasteiger partial charge in [0.2, 0.25) is 0 Å². The lowest BCUT2D eigenvalue weighted by Crippen LogP contribution is -2.39. The van der Waals surface area contributed by atoms with Crippen molar-refractivity contribution in [2.45, 2.75) is 31.2 Å². The van der Waals surface area contributed by atoms with Gasteiger partial charge in [0, 0.05) is 18.5 Å². The molecule has 0 spiro atoms. The Morgan fingerprint density at radius 3 is 2.71 bits per heavy atom. The fourth-order valence-electron chi connectivity index (χ4n) is 3.97. The quantitative estimate of drug-likeness (QED) is 0.722. The summed E-state index contributed by atoms with van der Waals surface area (Å²) in [5, 5.41) is 11.4. The molecular formula is C23H24N4O. The van der Waals surface area contributed by atoms with Crippen molar-refractivity contribution >= 4 is 5.91 Å². The highest BCUT2D eigenvalue weighted by molar-refractivity contribution is 5.93. The molecule has 1 aromatic heterocycles. The van der Waals surface area contributed by atoms with Gasteiger partial charge in [-0.1, -0.05) is 42.5 Å². The van der Waals surface area contributed by atoms with E-state index in [0.717, 1.165) is 37.2 Å². The predicted octanol–water partition coefficient (Wildman–Crippen LogP) is 3.37. The van der Waals surface area contributed by atoms with Crippen LogP contribution in [-0.4, -0.2) is 28.8 Å². The van der Waals surface area contributed by atoms with Crippen molar-refractivity contribution < 1.29 is 4.79 Å². The van der Waals surface area contributed by atoms with Crippen molar-refractivity contribution in [1.29, 1.82) is 0 Å². The van der Waals surface area contributed by atoms with Crippen LogP contribution in [0, 0.1) is 0 Å². The van der Waals surface area contributed by atoms with Gasteiger partial charge in [-0.25, -0.2) is 4.68 Å². The second-order valence-corrected chi connectivity index (χ2v) is 7.64. The number of hydrogen-bond donors (Lipinski definition) is 2. The SMILES string of the molecule is O=C(NCC1NCCc2ccccc21)c1cc(C2CC2)nn1-c1ccccc1. The zero-order chi connectivity index (χ0) is 18.9. The number of rotatable bonds is 5. The minimum atomic E-state index is -0.0758. The number of benzene rings is 2. The average Bonchev–Trinajstić information content (AvgIpc) is 3.51. The van der Waals surface area contributed by atoms with E-state index in [1.807, 2.05) is 36.4 Å². The Morgan fingerprint density at radius 1 is 1.11 bits per heavy atom. The maximum absolute atomic E-state index is 13.1. The summed E-state index contributed by atoms with van der Waals surface area (Å²) in [4.78, 5) is 13.1. The lowest BCUT2D eigenvalue weighted by Gasteiger charge is -2.27. The molecule has 2 aliphatic rings. The first-order chi connectivity index (χ1) is 13.8. The molecule has 2 aromatic carbocycles. The second kappa shape index (κ2) is 7.24. The first kappa shape index (κ1) is 17.2. The number of amides is 1. The Bertz CT molecular complexity index is 991. The fourth-order valence-corrected chi connectivity index (χ4v) is 3.97. The Labute approximate surface area is 164 Å². The van der Waals surface area contributed by atoms with Gasteiger partial charge >= 0.3 is 0 Å². The zero-order valence-electron chi connectivity index (χ0n) is 15.8. The largest absolute Gasteiger partial charge is 0.349 e. The number of para-hydroxylation sites is 1. The topological polar surface area (TPSA) is 59.0 Å². The number of carbonyl (C=O) groups excluding carboxylic acids is 1. The minimum Gasteiger partial charge on any atom is -0.349 e. The van der Waals surface area contributed by atoms with E-state index in [2.05, 4.69) is 34.9 Å². The molecule has 1 unspecified atom stereocenters. The maximum atomic E-state index is 13.1. The van der Waals surface area contributed by atoms with Crippen molar-refractivity contribution in [2.75, 3.05) is 13.1 Å². The van der Waals surface area contributed by atoms with Crippen molar-refractivity contribution in [1.82, 2.24) is 20.4 Å². The van der Waals surface area contributed by atoms with E-state index in [4.69, 9.17) is 5.10 Å². The summed E-state index contributed by atoms with van der Waals surface area (Å²) in [6, 6.07) is 20.5.